The number of carboxylic acid groups (broad SMARTS) is 1. The zero-order chi connectivity index (χ0) is 14.4. The molecule has 120 valence electrons. The number of carboxylic acids is 1. The minimum atomic E-state index is -1.19. The van der Waals surface area contributed by atoms with Gasteiger partial charge in [0.1, 0.15) is 11.9 Å². The molecule has 0 saturated carbocycles. The van der Waals surface area contributed by atoms with Crippen LogP contribution >= 0.6 is 24.8 Å². The third-order valence-corrected chi connectivity index (χ3v) is 2.56. The number of carbonyl (C=O) groups is 2. The van der Waals surface area contributed by atoms with Crippen molar-refractivity contribution in [3.8, 4) is 0 Å². The highest BCUT2D eigenvalue weighted by molar-refractivity contribution is 5.87. The monoisotopic (exact) mass is 341 g/mol. The average molecular weight is 342 g/mol. The molecule has 0 bridgehead atoms. The van der Waals surface area contributed by atoms with E-state index in [1.165, 1.54) is 24.3 Å². The minimum Gasteiger partial charge on any atom is -0.480 e. The summed E-state index contributed by atoms with van der Waals surface area (Å²) in [6, 6.07) is 3.29. The molecule has 1 aromatic carbocycles. The van der Waals surface area contributed by atoms with E-state index in [2.05, 4.69) is 5.32 Å². The van der Waals surface area contributed by atoms with E-state index in [0.717, 1.165) is 0 Å². The molecular weight excluding hydrogens is 324 g/mol. The van der Waals surface area contributed by atoms with Gasteiger partial charge >= 0.3 is 5.97 Å². The van der Waals surface area contributed by atoms with Crippen LogP contribution in [0.3, 0.4) is 0 Å². The zero-order valence-electron chi connectivity index (χ0n) is 11.0. The topological polar surface area (TPSA) is 118 Å². The summed E-state index contributed by atoms with van der Waals surface area (Å²) in [7, 11) is 0. The second kappa shape index (κ2) is 10.3. The summed E-state index contributed by atoms with van der Waals surface area (Å²) in [5.74, 6) is -2.23. The molecule has 0 aliphatic carbocycles. The third-order valence-electron chi connectivity index (χ3n) is 2.56. The van der Waals surface area contributed by atoms with Crippen molar-refractivity contribution in [2.24, 2.45) is 11.5 Å². The summed E-state index contributed by atoms with van der Waals surface area (Å²) in [4.78, 5) is 22.6. The summed E-state index contributed by atoms with van der Waals surface area (Å²) in [5.41, 5.74) is 11.2. The molecule has 1 aromatic rings. The first-order valence-corrected chi connectivity index (χ1v) is 5.67. The Bertz CT molecular complexity index is 460. The fraction of sp³-hybridized carbons (Fsp3) is 0.333. The smallest absolute Gasteiger partial charge is 0.326 e. The molecule has 0 fully saturated rings. The van der Waals surface area contributed by atoms with E-state index in [1.54, 1.807) is 0 Å². The van der Waals surface area contributed by atoms with Crippen LogP contribution in [0.2, 0.25) is 0 Å². The summed E-state index contributed by atoms with van der Waals surface area (Å²) >= 11 is 0. The Kier molecular flexibility index (Phi) is 10.8. The van der Waals surface area contributed by atoms with Crippen molar-refractivity contribution in [3.05, 3.63) is 35.6 Å². The highest BCUT2D eigenvalue weighted by Gasteiger charge is 2.22. The molecule has 0 radical (unpaired) electrons. The van der Waals surface area contributed by atoms with Crippen LogP contribution in [0, 0.1) is 5.82 Å². The van der Waals surface area contributed by atoms with Crippen molar-refractivity contribution in [1.29, 1.82) is 0 Å². The molecule has 21 heavy (non-hydrogen) atoms. The number of carbonyl (C=O) groups excluding carboxylic acids is 1. The second-order valence-electron chi connectivity index (χ2n) is 4.07. The van der Waals surface area contributed by atoms with Crippen LogP contribution in [0.25, 0.3) is 0 Å². The molecule has 1 unspecified atom stereocenters. The van der Waals surface area contributed by atoms with Crippen molar-refractivity contribution in [3.63, 3.8) is 0 Å². The summed E-state index contributed by atoms with van der Waals surface area (Å²) in [6.45, 7) is -0.0747. The van der Waals surface area contributed by atoms with Gasteiger partial charge in [0.25, 0.3) is 0 Å². The summed E-state index contributed by atoms with van der Waals surface area (Å²) < 4.78 is 12.7. The molecule has 9 heteroatoms. The van der Waals surface area contributed by atoms with Gasteiger partial charge in [-0.05, 0) is 17.7 Å². The Balaban J connectivity index is 0. The van der Waals surface area contributed by atoms with E-state index >= 15 is 0 Å². The van der Waals surface area contributed by atoms with Crippen molar-refractivity contribution in [2.45, 2.75) is 18.5 Å². The van der Waals surface area contributed by atoms with Crippen molar-refractivity contribution in [2.75, 3.05) is 6.54 Å². The first-order chi connectivity index (χ1) is 8.93. The van der Waals surface area contributed by atoms with E-state index in [0.29, 0.717) is 5.56 Å². The Labute approximate surface area is 133 Å². The maximum atomic E-state index is 12.7. The van der Waals surface area contributed by atoms with Gasteiger partial charge in [0.05, 0.1) is 6.04 Å². The molecule has 0 aliphatic rings. The molecule has 1 rings (SSSR count). The van der Waals surface area contributed by atoms with Crippen molar-refractivity contribution in [1.82, 2.24) is 5.32 Å². The highest BCUT2D eigenvalue weighted by atomic mass is 35.5. The van der Waals surface area contributed by atoms with E-state index in [4.69, 9.17) is 16.6 Å². The van der Waals surface area contributed by atoms with Gasteiger partial charge in [-0.15, -0.1) is 24.8 Å². The number of benzene rings is 1. The van der Waals surface area contributed by atoms with Gasteiger partial charge in [-0.2, -0.15) is 0 Å². The van der Waals surface area contributed by atoms with Crippen LogP contribution < -0.4 is 16.8 Å². The van der Waals surface area contributed by atoms with Gasteiger partial charge < -0.3 is 21.9 Å². The molecule has 0 aliphatic heterocycles. The van der Waals surface area contributed by atoms with Gasteiger partial charge in [0.15, 0.2) is 0 Å². The van der Waals surface area contributed by atoms with E-state index in [1.807, 2.05) is 0 Å². The van der Waals surface area contributed by atoms with Gasteiger partial charge in [0, 0.05) is 13.0 Å². The predicted molar refractivity (Wildman–Crippen MR) is 81.2 cm³/mol. The first-order valence-electron chi connectivity index (χ1n) is 5.67. The lowest BCUT2D eigenvalue weighted by Gasteiger charge is -2.17. The second-order valence-corrected chi connectivity index (χ2v) is 4.07. The number of aliphatic carboxylic acids is 1. The van der Waals surface area contributed by atoms with Gasteiger partial charge in [-0.3, -0.25) is 4.79 Å². The van der Waals surface area contributed by atoms with Gasteiger partial charge in [-0.1, -0.05) is 12.1 Å². The molecule has 0 aromatic heterocycles. The summed E-state index contributed by atoms with van der Waals surface area (Å²) in [5, 5.41) is 11.3. The SMILES string of the molecule is Cl.Cl.NC[C@@H](N)C(=O)NC(Cc1ccc(F)cc1)C(=O)O. The maximum Gasteiger partial charge on any atom is 0.326 e. The Morgan fingerprint density at radius 3 is 2.19 bits per heavy atom. The first kappa shape index (κ1) is 21.9. The molecule has 6 nitrogen and oxygen atoms in total. The number of nitrogens with two attached hydrogens (primary N) is 2. The van der Waals surface area contributed by atoms with Crippen LogP contribution in [0.1, 0.15) is 5.56 Å². The molecule has 0 heterocycles. The van der Waals surface area contributed by atoms with E-state index in [9.17, 15) is 14.0 Å². The molecule has 2 atom stereocenters. The maximum absolute atomic E-state index is 12.7. The van der Waals surface area contributed by atoms with Crippen LogP contribution in [0.4, 0.5) is 4.39 Å². The fourth-order valence-electron chi connectivity index (χ4n) is 1.44. The predicted octanol–water partition coefficient (Wildman–Crippen LogP) is 0.0672. The number of halogens is 3. The van der Waals surface area contributed by atoms with Gasteiger partial charge in [-0.25, -0.2) is 9.18 Å². The molecule has 0 spiro atoms. The van der Waals surface area contributed by atoms with Crippen molar-refractivity contribution >= 4 is 36.7 Å². The Morgan fingerprint density at radius 1 is 1.24 bits per heavy atom. The quantitative estimate of drug-likeness (QED) is 0.583. The lowest BCUT2D eigenvalue weighted by Crippen LogP contribution is -2.51. The molecular formula is C12H18Cl2FN3O3. The normalized spacial score (nSPS) is 12.3. The number of rotatable bonds is 6. The fourth-order valence-corrected chi connectivity index (χ4v) is 1.44. The van der Waals surface area contributed by atoms with Crippen LogP contribution in [0.15, 0.2) is 24.3 Å². The third kappa shape index (κ3) is 7.24. The van der Waals surface area contributed by atoms with E-state index < -0.39 is 29.8 Å². The minimum absolute atomic E-state index is 0. The zero-order valence-corrected chi connectivity index (χ0v) is 12.6. The van der Waals surface area contributed by atoms with Crippen molar-refractivity contribution < 1.29 is 19.1 Å². The lowest BCUT2D eigenvalue weighted by molar-refractivity contribution is -0.141. The van der Waals surface area contributed by atoms with E-state index in [-0.39, 0.29) is 37.8 Å². The lowest BCUT2D eigenvalue weighted by atomic mass is 10.1. The standard InChI is InChI=1S/C12H16FN3O3.2ClH/c13-8-3-1-7(2-4-8)5-10(12(18)19)16-11(17)9(15)6-14;;/h1-4,9-10H,5-6,14-15H2,(H,16,17)(H,18,19);2*1H/t9-,10?;;/m1../s1. The van der Waals surface area contributed by atoms with Gasteiger partial charge in [0.2, 0.25) is 5.91 Å². The van der Waals surface area contributed by atoms with Crippen LogP contribution in [-0.4, -0.2) is 35.6 Å². The number of nitrogens with one attached hydrogen (secondary N) is 1. The average Bonchev–Trinajstić information content (AvgIpc) is 2.39. The Hall–Kier alpha value is -1.41. The molecule has 1 amide bonds. The number of hydrogen-bond donors (Lipinski definition) is 4. The number of hydrogen-bond acceptors (Lipinski definition) is 4. The molecule has 6 N–H and O–H groups in total. The summed E-state index contributed by atoms with van der Waals surface area (Å²) in [6.07, 6.45) is 0.0403. The number of amides is 1. The Morgan fingerprint density at radius 2 is 1.76 bits per heavy atom. The highest BCUT2D eigenvalue weighted by Crippen LogP contribution is 2.06. The molecule has 0 saturated heterocycles. The van der Waals surface area contributed by atoms with Crippen LogP contribution in [-0.2, 0) is 16.0 Å². The largest absolute Gasteiger partial charge is 0.480 e. The van der Waals surface area contributed by atoms with Crippen LogP contribution in [0.5, 0.6) is 0 Å².